The number of nitrogens with zero attached hydrogens (tertiary/aromatic N) is 3. The highest BCUT2D eigenvalue weighted by molar-refractivity contribution is 7.10. The number of carbonyl (C=O) groups is 1. The summed E-state index contributed by atoms with van der Waals surface area (Å²) in [5.41, 5.74) is 1.07. The molecule has 0 bridgehead atoms. The number of ether oxygens (including phenoxy) is 1. The van der Waals surface area contributed by atoms with Crippen molar-refractivity contribution in [2.45, 2.75) is 13.1 Å². The van der Waals surface area contributed by atoms with E-state index in [9.17, 15) is 4.79 Å². The van der Waals surface area contributed by atoms with Gasteiger partial charge in [0.1, 0.15) is 0 Å². The molecule has 0 N–H and O–H groups in total. The number of imidazole rings is 1. The Kier molecular flexibility index (Phi) is 4.70. The molecule has 0 radical (unpaired) electrons. The first-order valence-corrected chi connectivity index (χ1v) is 8.12. The molecule has 1 atom stereocenters. The largest absolute Gasteiger partial charge is 0.384 e. The van der Waals surface area contributed by atoms with Crippen molar-refractivity contribution in [1.29, 1.82) is 0 Å². The molecule has 0 fully saturated rings. The van der Waals surface area contributed by atoms with Gasteiger partial charge in [-0.2, -0.15) is 0 Å². The molecule has 5 nitrogen and oxygen atoms in total. The minimum absolute atomic E-state index is 0.0316. The van der Waals surface area contributed by atoms with Crippen LogP contribution in [0.4, 0.5) is 0 Å². The third-order valence-corrected chi connectivity index (χ3v) is 4.57. The number of carbonyl (C=O) groups excluding carboxylic acids is 1. The van der Waals surface area contributed by atoms with Crippen molar-refractivity contribution in [2.75, 3.05) is 20.3 Å². The molecule has 3 heterocycles. The smallest absolute Gasteiger partial charge is 0.246 e. The lowest BCUT2D eigenvalue weighted by Gasteiger charge is -2.22. The molecule has 1 aliphatic rings. The van der Waals surface area contributed by atoms with Gasteiger partial charge in [0.05, 0.1) is 25.2 Å². The van der Waals surface area contributed by atoms with Crippen LogP contribution in [0.25, 0.3) is 6.08 Å². The summed E-state index contributed by atoms with van der Waals surface area (Å²) >= 11 is 1.62. The van der Waals surface area contributed by atoms with Gasteiger partial charge in [0.2, 0.25) is 5.91 Å². The second kappa shape index (κ2) is 6.89. The first-order chi connectivity index (χ1) is 10.8. The Morgan fingerprint density at radius 3 is 3.23 bits per heavy atom. The Morgan fingerprint density at radius 1 is 1.55 bits per heavy atom. The average Bonchev–Trinajstić information content (AvgIpc) is 3.14. The van der Waals surface area contributed by atoms with Crippen LogP contribution in [0.15, 0.2) is 36.1 Å². The Bertz CT molecular complexity index is 648. The van der Waals surface area contributed by atoms with Crippen LogP contribution in [-0.4, -0.2) is 40.6 Å². The number of rotatable bonds is 4. The van der Waals surface area contributed by atoms with E-state index in [4.69, 9.17) is 4.74 Å². The second-order valence-corrected chi connectivity index (χ2v) is 6.41. The third-order valence-electron chi connectivity index (χ3n) is 3.73. The molecule has 0 spiro atoms. The number of hydrogen-bond acceptors (Lipinski definition) is 4. The molecule has 0 saturated heterocycles. The molecule has 0 aromatic carbocycles. The zero-order valence-corrected chi connectivity index (χ0v) is 13.3. The van der Waals surface area contributed by atoms with Crippen LogP contribution in [0.2, 0.25) is 0 Å². The van der Waals surface area contributed by atoms with Gasteiger partial charge in [-0.15, -0.1) is 11.3 Å². The monoisotopic (exact) mass is 317 g/mol. The van der Waals surface area contributed by atoms with E-state index >= 15 is 0 Å². The van der Waals surface area contributed by atoms with Crippen molar-refractivity contribution in [3.05, 3.63) is 46.7 Å². The van der Waals surface area contributed by atoms with Crippen LogP contribution < -0.4 is 0 Å². The minimum Gasteiger partial charge on any atom is -0.384 e. The van der Waals surface area contributed by atoms with E-state index in [1.807, 2.05) is 41.0 Å². The minimum atomic E-state index is 0.0316. The normalized spacial score (nSPS) is 18.4. The fourth-order valence-electron chi connectivity index (χ4n) is 2.71. The maximum atomic E-state index is 12.5. The van der Waals surface area contributed by atoms with Crippen LogP contribution in [0.5, 0.6) is 0 Å². The van der Waals surface area contributed by atoms with Crippen LogP contribution in [0.3, 0.4) is 0 Å². The topological polar surface area (TPSA) is 47.4 Å². The third kappa shape index (κ3) is 3.45. The van der Waals surface area contributed by atoms with E-state index < -0.39 is 0 Å². The lowest BCUT2D eigenvalue weighted by Crippen LogP contribution is -2.34. The van der Waals surface area contributed by atoms with E-state index in [-0.39, 0.29) is 11.8 Å². The number of aromatic nitrogens is 2. The average molecular weight is 317 g/mol. The van der Waals surface area contributed by atoms with Gasteiger partial charge in [0.25, 0.3) is 0 Å². The zero-order chi connectivity index (χ0) is 15.4. The highest BCUT2D eigenvalue weighted by Crippen LogP contribution is 2.17. The van der Waals surface area contributed by atoms with Gasteiger partial charge >= 0.3 is 0 Å². The lowest BCUT2D eigenvalue weighted by atomic mass is 10.1. The summed E-state index contributed by atoms with van der Waals surface area (Å²) in [4.78, 5) is 19.6. The summed E-state index contributed by atoms with van der Waals surface area (Å²) in [6.07, 6.45) is 7.19. The predicted molar refractivity (Wildman–Crippen MR) is 86.4 cm³/mol. The predicted octanol–water partition coefficient (Wildman–Crippen LogP) is 2.26. The molecule has 1 amide bonds. The zero-order valence-electron chi connectivity index (χ0n) is 12.5. The van der Waals surface area contributed by atoms with Crippen molar-refractivity contribution in [3.8, 4) is 0 Å². The maximum absolute atomic E-state index is 12.5. The van der Waals surface area contributed by atoms with Gasteiger partial charge in [0.15, 0.2) is 0 Å². The lowest BCUT2D eigenvalue weighted by molar-refractivity contribution is -0.127. The maximum Gasteiger partial charge on any atom is 0.246 e. The first kappa shape index (κ1) is 15.0. The second-order valence-electron chi connectivity index (χ2n) is 5.43. The van der Waals surface area contributed by atoms with E-state index in [1.165, 1.54) is 0 Å². The van der Waals surface area contributed by atoms with Crippen molar-refractivity contribution in [1.82, 2.24) is 14.5 Å². The molecule has 22 heavy (non-hydrogen) atoms. The summed E-state index contributed by atoms with van der Waals surface area (Å²) < 4.78 is 7.40. The molecule has 6 heteroatoms. The summed E-state index contributed by atoms with van der Waals surface area (Å²) in [7, 11) is 1.70. The number of hydrogen-bond donors (Lipinski definition) is 0. The quantitative estimate of drug-likeness (QED) is 0.813. The van der Waals surface area contributed by atoms with Gasteiger partial charge in [-0.1, -0.05) is 6.07 Å². The Balaban J connectivity index is 1.75. The molecule has 0 aliphatic carbocycles. The molecule has 116 valence electrons. The van der Waals surface area contributed by atoms with Gasteiger partial charge in [-0.05, 0) is 17.5 Å². The Morgan fingerprint density at radius 2 is 2.45 bits per heavy atom. The standard InChI is InChI=1S/C16H19N3O2S/c1-21-11-13-8-18(10-14-7-17-12-19(14)9-13)16(20)5-4-15-3-2-6-22-15/h2-7,12-13H,8-11H2,1H3/b5-4+/t13-/m0/s1. The number of methoxy groups -OCH3 is 1. The highest BCUT2D eigenvalue weighted by Gasteiger charge is 2.24. The molecule has 2 aromatic heterocycles. The number of fused-ring (bicyclic) bond motifs is 1. The highest BCUT2D eigenvalue weighted by atomic mass is 32.1. The summed E-state index contributed by atoms with van der Waals surface area (Å²) in [5, 5.41) is 2.00. The molecule has 3 rings (SSSR count). The Hall–Kier alpha value is -1.92. The molecular formula is C16H19N3O2S. The molecular weight excluding hydrogens is 298 g/mol. The van der Waals surface area contributed by atoms with Gasteiger partial charge < -0.3 is 14.2 Å². The fourth-order valence-corrected chi connectivity index (χ4v) is 3.32. The first-order valence-electron chi connectivity index (χ1n) is 7.24. The van der Waals surface area contributed by atoms with Gasteiger partial charge in [-0.3, -0.25) is 4.79 Å². The molecule has 0 saturated carbocycles. The SMILES string of the molecule is COC[C@H]1CN(C(=O)/C=C/c2cccs2)Cc2cncn2C1. The fraction of sp³-hybridized carbons (Fsp3) is 0.375. The molecule has 0 unspecified atom stereocenters. The van der Waals surface area contributed by atoms with Crippen molar-refractivity contribution >= 4 is 23.3 Å². The summed E-state index contributed by atoms with van der Waals surface area (Å²) in [5.74, 6) is 0.309. The number of amides is 1. The van der Waals surface area contributed by atoms with E-state index in [0.29, 0.717) is 19.7 Å². The van der Waals surface area contributed by atoms with Gasteiger partial charge in [-0.25, -0.2) is 4.98 Å². The van der Waals surface area contributed by atoms with Crippen LogP contribution in [-0.2, 0) is 22.6 Å². The van der Waals surface area contributed by atoms with Crippen molar-refractivity contribution in [2.24, 2.45) is 5.92 Å². The summed E-state index contributed by atoms with van der Waals surface area (Å²) in [6.45, 7) is 2.76. The Labute approximate surface area is 133 Å². The van der Waals surface area contributed by atoms with Crippen LogP contribution in [0, 0.1) is 5.92 Å². The van der Waals surface area contributed by atoms with E-state index in [2.05, 4.69) is 9.55 Å². The van der Waals surface area contributed by atoms with E-state index in [0.717, 1.165) is 17.1 Å². The van der Waals surface area contributed by atoms with Crippen LogP contribution >= 0.6 is 11.3 Å². The molecule has 2 aromatic rings. The van der Waals surface area contributed by atoms with E-state index in [1.54, 1.807) is 24.5 Å². The number of thiophene rings is 1. The summed E-state index contributed by atoms with van der Waals surface area (Å²) in [6, 6.07) is 3.98. The molecule has 1 aliphatic heterocycles. The van der Waals surface area contributed by atoms with Crippen molar-refractivity contribution in [3.63, 3.8) is 0 Å². The van der Waals surface area contributed by atoms with Gasteiger partial charge in [0, 0.05) is 43.3 Å². The van der Waals surface area contributed by atoms with Crippen LogP contribution in [0.1, 0.15) is 10.6 Å². The van der Waals surface area contributed by atoms with Crippen molar-refractivity contribution < 1.29 is 9.53 Å².